The number of hydrogen-bond donors (Lipinski definition) is 1. The van der Waals surface area contributed by atoms with Crippen LogP contribution in [-0.2, 0) is 0 Å². The number of rotatable bonds is 5. The van der Waals surface area contributed by atoms with Crippen molar-refractivity contribution in [1.82, 2.24) is 4.98 Å². The molecule has 158 valence electrons. The van der Waals surface area contributed by atoms with E-state index in [9.17, 15) is 30.3 Å². The molecule has 30 heavy (non-hydrogen) atoms. The SMILES string of the molecule is COc1ccc(OC)c2sc(C)nc12.O=[N+]([O-])c1cc([N+](=O)[O-])c(O)c([N+](=O)[O-])c1. The summed E-state index contributed by atoms with van der Waals surface area (Å²) in [6, 6.07) is 4.67. The minimum absolute atomic E-state index is 0.447. The minimum atomic E-state index is -1.21. The van der Waals surface area contributed by atoms with Gasteiger partial charge in [0.2, 0.25) is 0 Å². The lowest BCUT2D eigenvalue weighted by Crippen LogP contribution is -1.97. The van der Waals surface area contributed by atoms with Gasteiger partial charge in [0.25, 0.3) is 11.4 Å². The second-order valence-corrected chi connectivity index (χ2v) is 6.69. The number of aromatic hydroxyl groups is 1. The van der Waals surface area contributed by atoms with Gasteiger partial charge in [-0.3, -0.25) is 30.3 Å². The molecule has 3 aromatic rings. The van der Waals surface area contributed by atoms with Gasteiger partial charge in [-0.1, -0.05) is 0 Å². The summed E-state index contributed by atoms with van der Waals surface area (Å²) in [5.41, 5.74) is -2.12. The Labute approximate surface area is 171 Å². The first-order valence-electron chi connectivity index (χ1n) is 7.89. The van der Waals surface area contributed by atoms with Crippen molar-refractivity contribution in [1.29, 1.82) is 0 Å². The van der Waals surface area contributed by atoms with E-state index in [0.717, 1.165) is 26.7 Å². The van der Waals surface area contributed by atoms with E-state index in [4.69, 9.17) is 14.6 Å². The van der Waals surface area contributed by atoms with Crippen LogP contribution in [0.1, 0.15) is 5.01 Å². The van der Waals surface area contributed by atoms with Gasteiger partial charge in [0.1, 0.15) is 21.7 Å². The fourth-order valence-electron chi connectivity index (χ4n) is 2.37. The topological polar surface area (TPSA) is 181 Å². The number of nitro benzene ring substituents is 3. The van der Waals surface area contributed by atoms with E-state index >= 15 is 0 Å². The van der Waals surface area contributed by atoms with Crippen molar-refractivity contribution in [2.75, 3.05) is 14.2 Å². The average molecular weight is 438 g/mol. The molecule has 0 aliphatic rings. The molecule has 3 rings (SSSR count). The first-order valence-corrected chi connectivity index (χ1v) is 8.70. The average Bonchev–Trinajstić information content (AvgIpc) is 3.08. The van der Waals surface area contributed by atoms with Crippen molar-refractivity contribution in [3.63, 3.8) is 0 Å². The minimum Gasteiger partial charge on any atom is -0.497 e. The first-order chi connectivity index (χ1) is 14.1. The Bertz CT molecular complexity index is 1070. The Morgan fingerprint density at radius 3 is 1.87 bits per heavy atom. The van der Waals surface area contributed by atoms with E-state index in [1.165, 1.54) is 0 Å². The Kier molecular flexibility index (Phi) is 6.63. The third kappa shape index (κ3) is 4.49. The smallest absolute Gasteiger partial charge is 0.324 e. The number of phenolic OH excluding ortho intramolecular Hbond substituents is 1. The number of hydrogen-bond acceptors (Lipinski definition) is 11. The van der Waals surface area contributed by atoms with Crippen LogP contribution in [-0.4, -0.2) is 39.1 Å². The third-order valence-corrected chi connectivity index (χ3v) is 4.66. The summed E-state index contributed by atoms with van der Waals surface area (Å²) < 4.78 is 11.5. The number of thiazole rings is 1. The molecular formula is C16H14N4O9S. The van der Waals surface area contributed by atoms with Gasteiger partial charge in [-0.25, -0.2) is 4.98 Å². The molecule has 0 aliphatic carbocycles. The van der Waals surface area contributed by atoms with E-state index in [1.807, 2.05) is 19.1 Å². The predicted molar refractivity (Wildman–Crippen MR) is 106 cm³/mol. The zero-order chi connectivity index (χ0) is 22.6. The zero-order valence-corrected chi connectivity index (χ0v) is 16.5. The number of non-ortho nitro benzene ring substituents is 1. The maximum Gasteiger partial charge on any atom is 0.324 e. The van der Waals surface area contributed by atoms with Crippen LogP contribution < -0.4 is 9.47 Å². The van der Waals surface area contributed by atoms with Crippen LogP contribution in [0.15, 0.2) is 24.3 Å². The van der Waals surface area contributed by atoms with Crippen molar-refractivity contribution in [3.05, 3.63) is 59.6 Å². The van der Waals surface area contributed by atoms with Crippen molar-refractivity contribution in [3.8, 4) is 17.2 Å². The van der Waals surface area contributed by atoms with Gasteiger partial charge in [0, 0.05) is 0 Å². The van der Waals surface area contributed by atoms with Crippen LogP contribution in [0.5, 0.6) is 17.2 Å². The summed E-state index contributed by atoms with van der Waals surface area (Å²) in [7, 11) is 3.31. The number of phenols is 1. The van der Waals surface area contributed by atoms with Gasteiger partial charge in [0.15, 0.2) is 0 Å². The van der Waals surface area contributed by atoms with Crippen LogP contribution in [0, 0.1) is 37.3 Å². The van der Waals surface area contributed by atoms with Gasteiger partial charge in [-0.2, -0.15) is 0 Å². The molecule has 0 aliphatic heterocycles. The number of benzene rings is 2. The Morgan fingerprint density at radius 1 is 0.933 bits per heavy atom. The van der Waals surface area contributed by atoms with E-state index in [-0.39, 0.29) is 0 Å². The largest absolute Gasteiger partial charge is 0.497 e. The molecule has 0 unspecified atom stereocenters. The summed E-state index contributed by atoms with van der Waals surface area (Å²) in [6.45, 7) is 1.98. The summed E-state index contributed by atoms with van der Waals surface area (Å²) in [5, 5.41) is 41.2. The van der Waals surface area contributed by atoms with Gasteiger partial charge in [-0.05, 0) is 19.1 Å². The summed E-state index contributed by atoms with van der Waals surface area (Å²) >= 11 is 1.62. The molecule has 0 spiro atoms. The molecule has 0 atom stereocenters. The fourth-order valence-corrected chi connectivity index (χ4v) is 3.29. The Balaban J connectivity index is 0.000000215. The summed E-state index contributed by atoms with van der Waals surface area (Å²) in [4.78, 5) is 32.2. The number of fused-ring (bicyclic) bond motifs is 1. The van der Waals surface area contributed by atoms with Gasteiger partial charge in [0.05, 0.1) is 46.1 Å². The molecule has 1 N–H and O–H groups in total. The normalized spacial score (nSPS) is 10.1. The highest BCUT2D eigenvalue weighted by molar-refractivity contribution is 7.19. The lowest BCUT2D eigenvalue weighted by Gasteiger charge is -2.03. The highest BCUT2D eigenvalue weighted by Crippen LogP contribution is 2.39. The zero-order valence-electron chi connectivity index (χ0n) is 15.7. The van der Waals surface area contributed by atoms with Crippen molar-refractivity contribution >= 4 is 38.6 Å². The maximum atomic E-state index is 10.4. The van der Waals surface area contributed by atoms with Crippen LogP contribution in [0.4, 0.5) is 17.1 Å². The van der Waals surface area contributed by atoms with Crippen molar-refractivity contribution < 1.29 is 29.4 Å². The van der Waals surface area contributed by atoms with Crippen LogP contribution in [0.25, 0.3) is 10.2 Å². The van der Waals surface area contributed by atoms with Crippen LogP contribution >= 0.6 is 11.3 Å². The predicted octanol–water partition coefficient (Wildman–Crippen LogP) is 3.74. The Hall–Kier alpha value is -4.07. The monoisotopic (exact) mass is 438 g/mol. The van der Waals surface area contributed by atoms with E-state index < -0.39 is 37.6 Å². The molecule has 0 saturated heterocycles. The second kappa shape index (κ2) is 8.95. The molecule has 0 saturated carbocycles. The van der Waals surface area contributed by atoms with E-state index in [1.54, 1.807) is 25.6 Å². The van der Waals surface area contributed by atoms with E-state index in [2.05, 4.69) is 4.98 Å². The number of aryl methyl sites for hydroxylation is 1. The molecule has 1 aromatic heterocycles. The fraction of sp³-hybridized carbons (Fsp3) is 0.188. The number of ether oxygens (including phenoxy) is 2. The maximum absolute atomic E-state index is 10.4. The second-order valence-electron chi connectivity index (χ2n) is 5.48. The Morgan fingerprint density at radius 2 is 1.43 bits per heavy atom. The van der Waals surface area contributed by atoms with Crippen molar-refractivity contribution in [2.45, 2.75) is 6.92 Å². The lowest BCUT2D eigenvalue weighted by molar-refractivity contribution is -0.404. The van der Waals surface area contributed by atoms with Gasteiger partial charge < -0.3 is 14.6 Å². The standard InChI is InChI=1S/C10H11NO2S.C6H3N3O7/c1-6-11-9-7(12-2)4-5-8(13-3)10(9)14-6;10-6-4(8(13)14)1-3(7(11)12)2-5(6)9(15)16/h4-5H,1-3H3;1-2,10H. The molecule has 0 amide bonds. The van der Waals surface area contributed by atoms with Gasteiger partial charge in [-0.15, -0.1) is 11.3 Å². The number of nitro groups is 3. The van der Waals surface area contributed by atoms with E-state index in [0.29, 0.717) is 12.1 Å². The molecule has 0 fully saturated rings. The molecule has 1 heterocycles. The number of methoxy groups -OCH3 is 2. The highest BCUT2D eigenvalue weighted by atomic mass is 32.1. The lowest BCUT2D eigenvalue weighted by atomic mass is 10.2. The molecule has 14 heteroatoms. The van der Waals surface area contributed by atoms with Gasteiger partial charge >= 0.3 is 11.4 Å². The van der Waals surface area contributed by atoms with Crippen LogP contribution in [0.3, 0.4) is 0 Å². The highest BCUT2D eigenvalue weighted by Gasteiger charge is 2.30. The molecular weight excluding hydrogens is 424 g/mol. The molecule has 13 nitrogen and oxygen atoms in total. The first kappa shape index (κ1) is 22.2. The molecule has 0 bridgehead atoms. The number of nitrogens with zero attached hydrogens (tertiary/aromatic N) is 4. The van der Waals surface area contributed by atoms with Crippen molar-refractivity contribution in [2.24, 2.45) is 0 Å². The summed E-state index contributed by atoms with van der Waals surface area (Å²) in [5.74, 6) is 0.442. The number of aromatic nitrogens is 1. The molecule has 2 aromatic carbocycles. The molecule has 0 radical (unpaired) electrons. The van der Waals surface area contributed by atoms with Crippen LogP contribution in [0.2, 0.25) is 0 Å². The summed E-state index contributed by atoms with van der Waals surface area (Å²) in [6.07, 6.45) is 0. The third-order valence-electron chi connectivity index (χ3n) is 3.68. The quantitative estimate of drug-likeness (QED) is 0.455.